The Hall–Kier alpha value is -1.71. The summed E-state index contributed by atoms with van der Waals surface area (Å²) < 4.78 is 35.7. The van der Waals surface area contributed by atoms with Gasteiger partial charge in [0.2, 0.25) is 15.6 Å². The van der Waals surface area contributed by atoms with Gasteiger partial charge in [-0.05, 0) is 6.07 Å². The highest BCUT2D eigenvalue weighted by atomic mass is 32.2. The van der Waals surface area contributed by atoms with Gasteiger partial charge in [0.15, 0.2) is 0 Å². The molecule has 0 aliphatic carbocycles. The number of sulfonamides is 1. The second kappa shape index (κ2) is 5.73. The molecule has 1 atom stereocenters. The van der Waals surface area contributed by atoms with Gasteiger partial charge in [0.05, 0.1) is 25.2 Å². The average Bonchev–Trinajstić information content (AvgIpc) is 2.47. The van der Waals surface area contributed by atoms with Gasteiger partial charge in [0.1, 0.15) is 6.04 Å². The summed E-state index contributed by atoms with van der Waals surface area (Å²) in [4.78, 5) is 24.8. The summed E-state index contributed by atoms with van der Waals surface area (Å²) in [6.07, 6.45) is 1.10. The number of ether oxygens (including phenoxy) is 2. The van der Waals surface area contributed by atoms with Crippen LogP contribution in [0.3, 0.4) is 0 Å². The number of nitrogens with one attached hydrogen (secondary N) is 1. The van der Waals surface area contributed by atoms with E-state index in [0.717, 1.165) is 16.6 Å². The Kier molecular flexibility index (Phi) is 4.21. The highest BCUT2D eigenvalue weighted by Crippen LogP contribution is 2.20. The van der Waals surface area contributed by atoms with E-state index in [2.05, 4.69) is 9.72 Å². The molecule has 0 amide bonds. The Labute approximate surface area is 115 Å². The van der Waals surface area contributed by atoms with Crippen LogP contribution < -0.4 is 5.56 Å². The predicted molar refractivity (Wildman–Crippen MR) is 67.6 cm³/mol. The molecule has 0 aromatic carbocycles. The normalized spacial score (nSPS) is 20.6. The number of methoxy groups -OCH3 is 1. The van der Waals surface area contributed by atoms with E-state index < -0.39 is 27.6 Å². The first-order valence-electron chi connectivity index (χ1n) is 5.83. The molecule has 1 aromatic rings. The standard InChI is InChI=1S/C11H14N2O6S/c1-18-11(15)9-7-19-5-4-13(9)20(16,17)8-2-3-10(14)12-6-8/h2-3,6,9H,4-5,7H2,1H3,(H,12,14). The van der Waals surface area contributed by atoms with Crippen LogP contribution in [0.1, 0.15) is 0 Å². The number of nitrogens with zero attached hydrogens (tertiary/aromatic N) is 1. The third-order valence-corrected chi connectivity index (χ3v) is 4.82. The molecular formula is C11H14N2O6S. The highest BCUT2D eigenvalue weighted by Gasteiger charge is 2.39. The summed E-state index contributed by atoms with van der Waals surface area (Å²) in [5.74, 6) is -0.683. The van der Waals surface area contributed by atoms with Crippen molar-refractivity contribution in [1.29, 1.82) is 0 Å². The van der Waals surface area contributed by atoms with E-state index in [0.29, 0.717) is 0 Å². The maximum Gasteiger partial charge on any atom is 0.326 e. The molecule has 9 heteroatoms. The fourth-order valence-corrected chi connectivity index (χ4v) is 3.41. The molecule has 0 spiro atoms. The third-order valence-electron chi connectivity index (χ3n) is 2.91. The lowest BCUT2D eigenvalue weighted by Crippen LogP contribution is -2.52. The van der Waals surface area contributed by atoms with E-state index in [1.165, 1.54) is 13.2 Å². The molecule has 1 saturated heterocycles. The SMILES string of the molecule is COC(=O)C1COCCN1S(=O)(=O)c1ccc(=O)[nH]c1. The monoisotopic (exact) mass is 302 g/mol. The van der Waals surface area contributed by atoms with Gasteiger partial charge in [-0.15, -0.1) is 0 Å². The largest absolute Gasteiger partial charge is 0.468 e. The van der Waals surface area contributed by atoms with Crippen LogP contribution in [0, 0.1) is 0 Å². The van der Waals surface area contributed by atoms with Crippen LogP contribution in [-0.4, -0.2) is 56.6 Å². The summed E-state index contributed by atoms with van der Waals surface area (Å²) in [6, 6.07) is 1.28. The summed E-state index contributed by atoms with van der Waals surface area (Å²) in [5.41, 5.74) is -0.407. The number of esters is 1. The van der Waals surface area contributed by atoms with Crippen molar-refractivity contribution in [2.24, 2.45) is 0 Å². The zero-order valence-corrected chi connectivity index (χ0v) is 11.6. The van der Waals surface area contributed by atoms with Crippen molar-refractivity contribution in [3.63, 3.8) is 0 Å². The van der Waals surface area contributed by atoms with Crippen molar-refractivity contribution in [2.45, 2.75) is 10.9 Å². The first kappa shape index (κ1) is 14.7. The van der Waals surface area contributed by atoms with Gasteiger partial charge in [-0.2, -0.15) is 4.31 Å². The van der Waals surface area contributed by atoms with Crippen LogP contribution in [0.5, 0.6) is 0 Å². The number of carbonyl (C=O) groups is 1. The van der Waals surface area contributed by atoms with Gasteiger partial charge in [0, 0.05) is 18.8 Å². The van der Waals surface area contributed by atoms with E-state index in [-0.39, 0.29) is 24.7 Å². The summed E-state index contributed by atoms with van der Waals surface area (Å²) in [7, 11) is -2.72. The lowest BCUT2D eigenvalue weighted by molar-refractivity contribution is -0.149. The Morgan fingerprint density at radius 3 is 2.85 bits per heavy atom. The molecule has 0 radical (unpaired) electrons. The Bertz CT molecular complexity index is 633. The number of aromatic amines is 1. The van der Waals surface area contributed by atoms with Crippen LogP contribution in [0.25, 0.3) is 0 Å². The van der Waals surface area contributed by atoms with Crippen molar-refractivity contribution in [3.8, 4) is 0 Å². The molecule has 2 heterocycles. The van der Waals surface area contributed by atoms with Gasteiger partial charge in [-0.3, -0.25) is 9.59 Å². The van der Waals surface area contributed by atoms with Crippen LogP contribution in [0.15, 0.2) is 28.0 Å². The van der Waals surface area contributed by atoms with Crippen LogP contribution in [-0.2, 0) is 24.3 Å². The van der Waals surface area contributed by atoms with Gasteiger partial charge < -0.3 is 14.5 Å². The van der Waals surface area contributed by atoms with Gasteiger partial charge >= 0.3 is 5.97 Å². The Balaban J connectivity index is 2.37. The molecule has 1 aromatic heterocycles. The smallest absolute Gasteiger partial charge is 0.326 e. The second-order valence-electron chi connectivity index (χ2n) is 4.12. The number of rotatable bonds is 3. The molecule has 110 valence electrons. The lowest BCUT2D eigenvalue weighted by atomic mass is 10.3. The molecule has 1 fully saturated rings. The molecule has 1 aliphatic rings. The van der Waals surface area contributed by atoms with E-state index in [1.54, 1.807) is 0 Å². The van der Waals surface area contributed by atoms with E-state index in [4.69, 9.17) is 4.74 Å². The number of aromatic nitrogens is 1. The van der Waals surface area contributed by atoms with E-state index in [9.17, 15) is 18.0 Å². The molecule has 1 N–H and O–H groups in total. The minimum absolute atomic E-state index is 0.0429. The maximum absolute atomic E-state index is 12.5. The van der Waals surface area contributed by atoms with Crippen LogP contribution >= 0.6 is 0 Å². The molecule has 1 unspecified atom stereocenters. The lowest BCUT2D eigenvalue weighted by Gasteiger charge is -2.32. The van der Waals surface area contributed by atoms with E-state index in [1.807, 2.05) is 0 Å². The topological polar surface area (TPSA) is 106 Å². The van der Waals surface area contributed by atoms with Crippen molar-refractivity contribution >= 4 is 16.0 Å². The molecule has 8 nitrogen and oxygen atoms in total. The summed E-state index contributed by atoms with van der Waals surface area (Å²) in [5, 5.41) is 0. The number of pyridine rings is 1. The van der Waals surface area contributed by atoms with Crippen LogP contribution in [0.4, 0.5) is 0 Å². The second-order valence-corrected chi connectivity index (χ2v) is 6.01. The number of H-pyrrole nitrogens is 1. The zero-order valence-electron chi connectivity index (χ0n) is 10.7. The van der Waals surface area contributed by atoms with Crippen LogP contribution in [0.2, 0.25) is 0 Å². The number of hydrogen-bond donors (Lipinski definition) is 1. The third kappa shape index (κ3) is 2.74. The summed E-state index contributed by atoms with van der Waals surface area (Å²) >= 11 is 0. The Morgan fingerprint density at radius 2 is 2.25 bits per heavy atom. The zero-order chi connectivity index (χ0) is 14.8. The van der Waals surface area contributed by atoms with Gasteiger partial charge in [-0.25, -0.2) is 8.42 Å². The quantitative estimate of drug-likeness (QED) is 0.713. The van der Waals surface area contributed by atoms with Crippen molar-refractivity contribution in [2.75, 3.05) is 26.9 Å². The average molecular weight is 302 g/mol. The number of hydrogen-bond acceptors (Lipinski definition) is 6. The Morgan fingerprint density at radius 1 is 1.50 bits per heavy atom. The van der Waals surface area contributed by atoms with Crippen molar-refractivity contribution in [1.82, 2.24) is 9.29 Å². The number of carbonyl (C=O) groups excluding carboxylic acids is 1. The summed E-state index contributed by atoms with van der Waals surface area (Å²) in [6.45, 7) is 0.173. The van der Waals surface area contributed by atoms with Gasteiger partial charge in [0.25, 0.3) is 0 Å². The van der Waals surface area contributed by atoms with Crippen molar-refractivity contribution in [3.05, 3.63) is 28.7 Å². The van der Waals surface area contributed by atoms with E-state index >= 15 is 0 Å². The maximum atomic E-state index is 12.5. The molecule has 0 saturated carbocycles. The molecule has 2 rings (SSSR count). The molecule has 0 bridgehead atoms. The minimum atomic E-state index is -3.90. The first-order valence-corrected chi connectivity index (χ1v) is 7.27. The molecule has 1 aliphatic heterocycles. The fourth-order valence-electron chi connectivity index (χ4n) is 1.89. The minimum Gasteiger partial charge on any atom is -0.468 e. The first-order chi connectivity index (χ1) is 9.46. The fraction of sp³-hybridized carbons (Fsp3) is 0.455. The predicted octanol–water partition coefficient (Wildman–Crippen LogP) is -1.06. The molecule has 20 heavy (non-hydrogen) atoms. The number of morpholine rings is 1. The highest BCUT2D eigenvalue weighted by molar-refractivity contribution is 7.89. The van der Waals surface area contributed by atoms with Crippen molar-refractivity contribution < 1.29 is 22.7 Å². The molecular weight excluding hydrogens is 288 g/mol. The van der Waals surface area contributed by atoms with Gasteiger partial charge in [-0.1, -0.05) is 0 Å².